The minimum absolute atomic E-state index is 0.175. The number of amides is 1. The Bertz CT molecular complexity index is 949. The van der Waals surface area contributed by atoms with Crippen LogP contribution in [0, 0.1) is 0 Å². The van der Waals surface area contributed by atoms with Crippen LogP contribution in [0.25, 0.3) is 10.9 Å². The molecular formula is C19H18N2O5. The molecule has 7 heteroatoms. The predicted octanol–water partition coefficient (Wildman–Crippen LogP) is 2.57. The van der Waals surface area contributed by atoms with Crippen LogP contribution < -0.4 is 15.2 Å². The number of carbonyl (C=O) groups is 2. The van der Waals surface area contributed by atoms with E-state index < -0.39 is 18.0 Å². The molecule has 1 heterocycles. The molecule has 1 atom stereocenters. The van der Waals surface area contributed by atoms with Crippen molar-refractivity contribution in [3.8, 4) is 11.5 Å². The summed E-state index contributed by atoms with van der Waals surface area (Å²) in [6.45, 7) is 0. The average molecular weight is 354 g/mol. The predicted molar refractivity (Wildman–Crippen MR) is 95.2 cm³/mol. The lowest BCUT2D eigenvalue weighted by Crippen LogP contribution is -2.26. The number of fused-ring (bicyclic) bond motifs is 1. The number of hydrogen-bond donors (Lipinski definition) is 2. The van der Waals surface area contributed by atoms with E-state index in [-0.39, 0.29) is 5.69 Å². The second kappa shape index (κ2) is 7.18. The Morgan fingerprint density at radius 1 is 1.04 bits per heavy atom. The molecule has 7 nitrogen and oxygen atoms in total. The van der Waals surface area contributed by atoms with Crippen molar-refractivity contribution >= 4 is 22.8 Å². The Hall–Kier alpha value is -3.48. The summed E-state index contributed by atoms with van der Waals surface area (Å²) in [5, 5.41) is 0.712. The molecule has 2 aromatic carbocycles. The highest BCUT2D eigenvalue weighted by Gasteiger charge is 2.24. The number of rotatable bonds is 6. The second-order valence-corrected chi connectivity index (χ2v) is 5.58. The maximum atomic E-state index is 12.5. The molecule has 0 unspecified atom stereocenters. The smallest absolute Gasteiger partial charge is 0.355 e. The Morgan fingerprint density at radius 3 is 2.38 bits per heavy atom. The van der Waals surface area contributed by atoms with Gasteiger partial charge in [0.2, 0.25) is 6.10 Å². The van der Waals surface area contributed by atoms with Crippen LogP contribution in [0.5, 0.6) is 11.5 Å². The third-order valence-electron chi connectivity index (χ3n) is 3.93. The van der Waals surface area contributed by atoms with E-state index in [1.807, 2.05) is 0 Å². The third-order valence-corrected chi connectivity index (χ3v) is 3.93. The van der Waals surface area contributed by atoms with Gasteiger partial charge in [-0.2, -0.15) is 0 Å². The van der Waals surface area contributed by atoms with Gasteiger partial charge in [-0.3, -0.25) is 4.79 Å². The van der Waals surface area contributed by atoms with Gasteiger partial charge in [0.25, 0.3) is 5.91 Å². The standard InChI is InChI=1S/C19H18N2O5/c1-24-13-8-12-9-14(21-16(12)15(10-13)25-2)19(23)26-17(18(20)22)11-6-4-3-5-7-11/h3-10,17,21H,1-2H3,(H2,20,22)/t17-/m1/s1. The molecule has 1 amide bonds. The summed E-state index contributed by atoms with van der Waals surface area (Å²) < 4.78 is 15.9. The lowest BCUT2D eigenvalue weighted by Gasteiger charge is -2.14. The summed E-state index contributed by atoms with van der Waals surface area (Å²) in [4.78, 5) is 27.2. The fraction of sp³-hybridized carbons (Fsp3) is 0.158. The van der Waals surface area contributed by atoms with Gasteiger partial charge < -0.3 is 24.9 Å². The van der Waals surface area contributed by atoms with Gasteiger partial charge in [0.05, 0.1) is 19.7 Å². The van der Waals surface area contributed by atoms with Gasteiger partial charge in [-0.05, 0) is 12.1 Å². The van der Waals surface area contributed by atoms with Crippen molar-refractivity contribution in [2.75, 3.05) is 14.2 Å². The molecule has 134 valence electrons. The molecule has 3 aromatic rings. The lowest BCUT2D eigenvalue weighted by atomic mass is 10.1. The Morgan fingerprint density at radius 2 is 1.77 bits per heavy atom. The van der Waals surface area contributed by atoms with Crippen molar-refractivity contribution in [2.45, 2.75) is 6.10 Å². The highest BCUT2D eigenvalue weighted by molar-refractivity contribution is 5.98. The van der Waals surface area contributed by atoms with Crippen LogP contribution in [0.4, 0.5) is 0 Å². The number of methoxy groups -OCH3 is 2. The van der Waals surface area contributed by atoms with E-state index >= 15 is 0 Å². The van der Waals surface area contributed by atoms with Crippen LogP contribution in [0.2, 0.25) is 0 Å². The number of aromatic nitrogens is 1. The number of esters is 1. The molecule has 0 spiro atoms. The first-order valence-electron chi connectivity index (χ1n) is 7.83. The molecule has 0 fully saturated rings. The number of benzene rings is 2. The molecule has 3 N–H and O–H groups in total. The molecule has 26 heavy (non-hydrogen) atoms. The van der Waals surface area contributed by atoms with Gasteiger partial charge in [-0.15, -0.1) is 0 Å². The number of nitrogens with one attached hydrogen (secondary N) is 1. The quantitative estimate of drug-likeness (QED) is 0.662. The number of H-pyrrole nitrogens is 1. The molecule has 0 aliphatic rings. The minimum atomic E-state index is -1.17. The van der Waals surface area contributed by atoms with E-state index in [0.29, 0.717) is 28.0 Å². The van der Waals surface area contributed by atoms with E-state index in [1.54, 1.807) is 55.6 Å². The summed E-state index contributed by atoms with van der Waals surface area (Å²) >= 11 is 0. The highest BCUT2D eigenvalue weighted by Crippen LogP contribution is 2.31. The highest BCUT2D eigenvalue weighted by atomic mass is 16.5. The molecular weight excluding hydrogens is 336 g/mol. The van der Waals surface area contributed by atoms with Gasteiger partial charge in [-0.1, -0.05) is 30.3 Å². The largest absolute Gasteiger partial charge is 0.497 e. The second-order valence-electron chi connectivity index (χ2n) is 5.58. The first-order chi connectivity index (χ1) is 12.5. The van der Waals surface area contributed by atoms with E-state index in [0.717, 1.165) is 0 Å². The zero-order chi connectivity index (χ0) is 18.7. The van der Waals surface area contributed by atoms with Crippen molar-refractivity contribution in [3.63, 3.8) is 0 Å². The van der Waals surface area contributed by atoms with Crippen LogP contribution in [0.15, 0.2) is 48.5 Å². The van der Waals surface area contributed by atoms with Gasteiger partial charge in [0.15, 0.2) is 0 Å². The zero-order valence-electron chi connectivity index (χ0n) is 14.3. The summed E-state index contributed by atoms with van der Waals surface area (Å²) in [6.07, 6.45) is -1.17. The normalized spacial score (nSPS) is 11.8. The van der Waals surface area contributed by atoms with Crippen LogP contribution in [-0.4, -0.2) is 31.1 Å². The van der Waals surface area contributed by atoms with E-state index in [2.05, 4.69) is 4.98 Å². The van der Waals surface area contributed by atoms with Crippen molar-refractivity contribution in [3.05, 3.63) is 59.8 Å². The number of aromatic amines is 1. The Kier molecular flexibility index (Phi) is 4.79. The van der Waals surface area contributed by atoms with Crippen LogP contribution >= 0.6 is 0 Å². The van der Waals surface area contributed by atoms with Crippen molar-refractivity contribution < 1.29 is 23.8 Å². The third kappa shape index (κ3) is 3.32. The number of nitrogens with two attached hydrogens (primary N) is 1. The number of hydrogen-bond acceptors (Lipinski definition) is 5. The molecule has 0 saturated heterocycles. The van der Waals surface area contributed by atoms with Crippen molar-refractivity contribution in [1.82, 2.24) is 4.98 Å². The fourth-order valence-corrected chi connectivity index (χ4v) is 2.66. The molecule has 1 aromatic heterocycles. The van der Waals surface area contributed by atoms with Crippen LogP contribution in [-0.2, 0) is 9.53 Å². The number of carbonyl (C=O) groups excluding carboxylic acids is 2. The monoisotopic (exact) mass is 354 g/mol. The zero-order valence-corrected chi connectivity index (χ0v) is 14.3. The van der Waals surface area contributed by atoms with Gasteiger partial charge in [0, 0.05) is 17.0 Å². The van der Waals surface area contributed by atoms with Crippen LogP contribution in [0.1, 0.15) is 22.2 Å². The molecule has 0 aliphatic carbocycles. The molecule has 3 rings (SSSR count). The van der Waals surface area contributed by atoms with Crippen LogP contribution in [0.3, 0.4) is 0 Å². The maximum Gasteiger partial charge on any atom is 0.355 e. The van der Waals surface area contributed by atoms with E-state index in [4.69, 9.17) is 19.9 Å². The lowest BCUT2D eigenvalue weighted by molar-refractivity contribution is -0.127. The van der Waals surface area contributed by atoms with Crippen molar-refractivity contribution in [2.24, 2.45) is 5.73 Å². The molecule has 0 bridgehead atoms. The summed E-state index contributed by atoms with van der Waals surface area (Å²) in [7, 11) is 3.06. The summed E-state index contributed by atoms with van der Waals surface area (Å²) in [5.41, 5.74) is 6.69. The minimum Gasteiger partial charge on any atom is -0.497 e. The topological polar surface area (TPSA) is 104 Å². The average Bonchev–Trinajstić information content (AvgIpc) is 3.09. The fourth-order valence-electron chi connectivity index (χ4n) is 2.66. The van der Waals surface area contributed by atoms with Gasteiger partial charge in [0.1, 0.15) is 17.2 Å². The first-order valence-corrected chi connectivity index (χ1v) is 7.83. The molecule has 0 saturated carbocycles. The first kappa shape index (κ1) is 17.3. The van der Waals surface area contributed by atoms with E-state index in [9.17, 15) is 9.59 Å². The Balaban J connectivity index is 1.93. The SMILES string of the molecule is COc1cc(OC)c2[nH]c(C(=O)O[C@@H](C(N)=O)c3ccccc3)cc2c1. The number of ether oxygens (including phenoxy) is 3. The maximum absolute atomic E-state index is 12.5. The summed E-state index contributed by atoms with van der Waals surface area (Å²) in [6, 6.07) is 13.7. The number of primary amides is 1. The van der Waals surface area contributed by atoms with Crippen molar-refractivity contribution in [1.29, 1.82) is 0 Å². The Labute approximate surface area is 149 Å². The molecule has 0 radical (unpaired) electrons. The summed E-state index contributed by atoms with van der Waals surface area (Å²) in [5.74, 6) is -0.338. The van der Waals surface area contributed by atoms with E-state index in [1.165, 1.54) is 7.11 Å². The van der Waals surface area contributed by atoms with Gasteiger partial charge >= 0.3 is 5.97 Å². The molecule has 0 aliphatic heterocycles. The van der Waals surface area contributed by atoms with Gasteiger partial charge in [-0.25, -0.2) is 4.79 Å².